The molecule has 4 nitrogen and oxygen atoms in total. The molecule has 2 rings (SSSR count). The molecule has 0 saturated heterocycles. The number of hydrogen-bond donors (Lipinski definition) is 3. The third-order valence-electron chi connectivity index (χ3n) is 2.18. The molecule has 0 heterocycles. The Balaban J connectivity index is 0.000000180. The zero-order chi connectivity index (χ0) is 13.4. The summed E-state index contributed by atoms with van der Waals surface area (Å²) in [6.07, 6.45) is -1.34. The van der Waals surface area contributed by atoms with Crippen LogP contribution >= 0.6 is 0 Å². The molecule has 0 fully saturated rings. The predicted molar refractivity (Wildman–Crippen MR) is 68.3 cm³/mol. The van der Waals surface area contributed by atoms with Crippen LogP contribution in [0.15, 0.2) is 54.6 Å². The standard InChI is InChI=1S/2C7H8O2/c1-9-7-5-3-2-4-6(7)8;8-7(9)6-4-2-1-3-5-6/h2-5,8H,1H3;1-5,7-9H. The largest absolute Gasteiger partial charge is 0.504 e. The fraction of sp³-hybridized carbons (Fsp3) is 0.143. The maximum absolute atomic E-state index is 8.99. The lowest BCUT2D eigenvalue weighted by atomic mass is 10.2. The Hall–Kier alpha value is -2.04. The van der Waals surface area contributed by atoms with E-state index in [1.807, 2.05) is 6.07 Å². The van der Waals surface area contributed by atoms with Gasteiger partial charge in [-0.2, -0.15) is 0 Å². The molecule has 0 aromatic heterocycles. The molecular weight excluding hydrogens is 232 g/mol. The van der Waals surface area contributed by atoms with E-state index < -0.39 is 6.29 Å². The van der Waals surface area contributed by atoms with Crippen LogP contribution in [0.5, 0.6) is 11.5 Å². The molecule has 0 atom stereocenters. The minimum Gasteiger partial charge on any atom is -0.504 e. The topological polar surface area (TPSA) is 69.9 Å². The third-order valence-corrected chi connectivity index (χ3v) is 2.18. The van der Waals surface area contributed by atoms with Gasteiger partial charge in [0, 0.05) is 5.56 Å². The first-order valence-electron chi connectivity index (χ1n) is 5.38. The summed E-state index contributed by atoms with van der Waals surface area (Å²) in [5, 5.41) is 26.1. The van der Waals surface area contributed by atoms with Crippen molar-refractivity contribution in [3.8, 4) is 11.5 Å². The van der Waals surface area contributed by atoms with Gasteiger partial charge in [-0.3, -0.25) is 0 Å². The number of rotatable bonds is 2. The predicted octanol–water partition coefficient (Wildman–Crippen LogP) is 2.07. The molecule has 3 N–H and O–H groups in total. The van der Waals surface area contributed by atoms with Gasteiger partial charge in [0.1, 0.15) is 0 Å². The summed E-state index contributed by atoms with van der Waals surface area (Å²) in [5.41, 5.74) is 0.525. The van der Waals surface area contributed by atoms with E-state index in [-0.39, 0.29) is 5.75 Å². The molecule has 2 aromatic carbocycles. The second-order valence-electron chi connectivity index (χ2n) is 3.46. The molecule has 0 bridgehead atoms. The fourth-order valence-corrected chi connectivity index (χ4v) is 1.25. The Morgan fingerprint density at radius 3 is 1.83 bits per heavy atom. The minimum atomic E-state index is -1.34. The average Bonchev–Trinajstić information content (AvgIpc) is 2.41. The monoisotopic (exact) mass is 248 g/mol. The number of aliphatic hydroxyl groups excluding tert-OH is 1. The lowest BCUT2D eigenvalue weighted by Crippen LogP contribution is -1.92. The highest BCUT2D eigenvalue weighted by Gasteiger charge is 1.97. The molecule has 0 spiro atoms. The van der Waals surface area contributed by atoms with Gasteiger partial charge in [0.15, 0.2) is 17.8 Å². The quantitative estimate of drug-likeness (QED) is 0.712. The Bertz CT molecular complexity index is 454. The molecule has 0 aliphatic heterocycles. The van der Waals surface area contributed by atoms with Crippen LogP contribution in [-0.2, 0) is 0 Å². The van der Waals surface area contributed by atoms with Gasteiger partial charge < -0.3 is 20.1 Å². The fourth-order valence-electron chi connectivity index (χ4n) is 1.25. The number of aliphatic hydroxyl groups is 2. The molecule has 0 amide bonds. The van der Waals surface area contributed by atoms with Gasteiger partial charge in [-0.15, -0.1) is 0 Å². The van der Waals surface area contributed by atoms with E-state index in [0.29, 0.717) is 11.3 Å². The van der Waals surface area contributed by atoms with Crippen molar-refractivity contribution in [3.05, 3.63) is 60.2 Å². The van der Waals surface area contributed by atoms with Crippen LogP contribution in [0.25, 0.3) is 0 Å². The van der Waals surface area contributed by atoms with Gasteiger partial charge in [0.25, 0.3) is 0 Å². The van der Waals surface area contributed by atoms with Crippen LogP contribution < -0.4 is 4.74 Å². The minimum absolute atomic E-state index is 0.181. The van der Waals surface area contributed by atoms with Gasteiger partial charge >= 0.3 is 0 Å². The van der Waals surface area contributed by atoms with Crippen LogP contribution in [0.4, 0.5) is 0 Å². The summed E-state index contributed by atoms with van der Waals surface area (Å²) >= 11 is 0. The zero-order valence-electron chi connectivity index (χ0n) is 10.0. The van der Waals surface area contributed by atoms with Gasteiger partial charge in [-0.05, 0) is 12.1 Å². The summed E-state index contributed by atoms with van der Waals surface area (Å²) < 4.78 is 4.79. The highest BCUT2D eigenvalue weighted by molar-refractivity contribution is 5.37. The van der Waals surface area contributed by atoms with Crippen molar-refractivity contribution in [2.24, 2.45) is 0 Å². The zero-order valence-corrected chi connectivity index (χ0v) is 10.0. The second-order valence-corrected chi connectivity index (χ2v) is 3.46. The summed E-state index contributed by atoms with van der Waals surface area (Å²) in [5.74, 6) is 0.692. The lowest BCUT2D eigenvalue weighted by molar-refractivity contribution is -0.0424. The van der Waals surface area contributed by atoms with E-state index in [1.165, 1.54) is 7.11 Å². The first kappa shape index (κ1) is 14.0. The summed E-state index contributed by atoms with van der Waals surface area (Å²) in [4.78, 5) is 0. The van der Waals surface area contributed by atoms with E-state index in [4.69, 9.17) is 20.1 Å². The number of para-hydroxylation sites is 2. The van der Waals surface area contributed by atoms with Gasteiger partial charge in [-0.25, -0.2) is 0 Å². The van der Waals surface area contributed by atoms with Crippen LogP contribution in [0.3, 0.4) is 0 Å². The molecule has 18 heavy (non-hydrogen) atoms. The van der Waals surface area contributed by atoms with Crippen molar-refractivity contribution in [3.63, 3.8) is 0 Å². The van der Waals surface area contributed by atoms with E-state index >= 15 is 0 Å². The normalized spacial score (nSPS) is 9.56. The Kier molecular flexibility index (Phi) is 5.70. The highest BCUT2D eigenvalue weighted by Crippen LogP contribution is 2.23. The van der Waals surface area contributed by atoms with Gasteiger partial charge in [0.05, 0.1) is 7.11 Å². The van der Waals surface area contributed by atoms with E-state index in [2.05, 4.69) is 0 Å². The SMILES string of the molecule is COc1ccccc1O.OC(O)c1ccccc1. The number of aromatic hydroxyl groups is 1. The Morgan fingerprint density at radius 2 is 1.44 bits per heavy atom. The molecule has 0 aliphatic rings. The first-order valence-corrected chi connectivity index (χ1v) is 5.38. The van der Waals surface area contributed by atoms with Crippen molar-refractivity contribution in [1.29, 1.82) is 0 Å². The summed E-state index contributed by atoms with van der Waals surface area (Å²) in [6.45, 7) is 0. The van der Waals surface area contributed by atoms with Gasteiger partial charge in [-0.1, -0.05) is 42.5 Å². The number of methoxy groups -OCH3 is 1. The van der Waals surface area contributed by atoms with Crippen molar-refractivity contribution >= 4 is 0 Å². The van der Waals surface area contributed by atoms with Crippen LogP contribution in [0.2, 0.25) is 0 Å². The van der Waals surface area contributed by atoms with E-state index in [9.17, 15) is 0 Å². The van der Waals surface area contributed by atoms with E-state index in [0.717, 1.165) is 0 Å². The molecular formula is C14H16O4. The highest BCUT2D eigenvalue weighted by atomic mass is 16.5. The lowest BCUT2D eigenvalue weighted by Gasteiger charge is -1.99. The molecule has 0 unspecified atom stereocenters. The van der Waals surface area contributed by atoms with Crippen molar-refractivity contribution in [1.82, 2.24) is 0 Å². The number of hydrogen-bond acceptors (Lipinski definition) is 4. The smallest absolute Gasteiger partial charge is 0.178 e. The first-order chi connectivity index (χ1) is 8.65. The summed E-state index contributed by atoms with van der Waals surface area (Å²) in [7, 11) is 1.52. The van der Waals surface area contributed by atoms with Crippen molar-refractivity contribution in [2.45, 2.75) is 6.29 Å². The maximum Gasteiger partial charge on any atom is 0.178 e. The number of ether oxygens (including phenoxy) is 1. The van der Waals surface area contributed by atoms with Crippen LogP contribution in [-0.4, -0.2) is 22.4 Å². The molecule has 0 aliphatic carbocycles. The number of phenols is 1. The molecule has 96 valence electrons. The number of phenolic OH excluding ortho intramolecular Hbond substituents is 1. The van der Waals surface area contributed by atoms with Gasteiger partial charge in [0.2, 0.25) is 0 Å². The molecule has 2 aromatic rings. The molecule has 0 radical (unpaired) electrons. The van der Waals surface area contributed by atoms with Crippen LogP contribution in [0, 0.1) is 0 Å². The second kappa shape index (κ2) is 7.32. The van der Waals surface area contributed by atoms with E-state index in [1.54, 1.807) is 48.5 Å². The average molecular weight is 248 g/mol. The van der Waals surface area contributed by atoms with Crippen molar-refractivity contribution in [2.75, 3.05) is 7.11 Å². The maximum atomic E-state index is 8.99. The van der Waals surface area contributed by atoms with Crippen molar-refractivity contribution < 1.29 is 20.1 Å². The Morgan fingerprint density at radius 1 is 0.889 bits per heavy atom. The molecule has 0 saturated carbocycles. The number of benzene rings is 2. The Labute approximate surface area is 106 Å². The summed E-state index contributed by atoms with van der Waals surface area (Å²) in [6, 6.07) is 15.5. The molecule has 4 heteroatoms. The third kappa shape index (κ3) is 4.45. The van der Waals surface area contributed by atoms with Crippen LogP contribution in [0.1, 0.15) is 11.9 Å².